The Morgan fingerprint density at radius 3 is 2.30 bits per heavy atom. The van der Waals surface area contributed by atoms with Crippen LogP contribution in [0.15, 0.2) is 30.5 Å². The predicted octanol–water partition coefficient (Wildman–Crippen LogP) is 3.99. The van der Waals surface area contributed by atoms with Crippen LogP contribution in [-0.2, 0) is 6.18 Å². The first kappa shape index (κ1) is 26.0. The molecule has 0 unspecified atom stereocenters. The minimum atomic E-state index is -4.81. The molecule has 7 nitrogen and oxygen atoms in total. The summed E-state index contributed by atoms with van der Waals surface area (Å²) in [5.41, 5.74) is 3.69. The van der Waals surface area contributed by atoms with Gasteiger partial charge in [0.1, 0.15) is 11.6 Å². The normalized spacial score (nSPS) is 14.1. The number of aliphatic hydroxyl groups excluding tert-OH is 1. The average Bonchev–Trinajstić information content (AvgIpc) is 2.80. The summed E-state index contributed by atoms with van der Waals surface area (Å²) in [6.07, 6.45) is 2.94. The largest absolute Gasteiger partial charge is 0.416 e. The second kappa shape index (κ2) is 11.6. The number of pyridine rings is 1. The maximum atomic E-state index is 13.4. The molecule has 0 aliphatic heterocycles. The number of nitrogens with one attached hydrogen (secondary N) is 2. The number of rotatable bonds is 4. The molecule has 1 heterocycles. The fourth-order valence-corrected chi connectivity index (χ4v) is 3.29. The molecule has 2 aromatic rings. The molecule has 1 saturated carbocycles. The summed E-state index contributed by atoms with van der Waals surface area (Å²) in [6.45, 7) is 0.417. The number of aliphatic hydroxyl groups is 1. The van der Waals surface area contributed by atoms with E-state index in [4.69, 9.17) is 10.8 Å². The number of nitrogen functional groups attached to an aromatic ring is 1. The van der Waals surface area contributed by atoms with E-state index in [9.17, 15) is 27.2 Å². The fourth-order valence-electron chi connectivity index (χ4n) is 3.29. The number of carbonyl (C=O) groups is 2. The molecule has 11 heteroatoms. The number of amides is 2. The minimum absolute atomic E-state index is 0.0715. The zero-order chi connectivity index (χ0) is 24.6. The van der Waals surface area contributed by atoms with Crippen molar-refractivity contribution in [3.05, 3.63) is 53.0 Å². The first-order valence-electron chi connectivity index (χ1n) is 10.3. The van der Waals surface area contributed by atoms with E-state index in [1.807, 2.05) is 0 Å². The van der Waals surface area contributed by atoms with E-state index in [-0.39, 0.29) is 23.1 Å². The van der Waals surface area contributed by atoms with Gasteiger partial charge >= 0.3 is 6.18 Å². The number of nitrogens with two attached hydrogens (primary N) is 1. The predicted molar refractivity (Wildman–Crippen MR) is 115 cm³/mol. The Morgan fingerprint density at radius 2 is 1.76 bits per heavy atom. The van der Waals surface area contributed by atoms with E-state index < -0.39 is 34.9 Å². The van der Waals surface area contributed by atoms with Crippen molar-refractivity contribution in [2.24, 2.45) is 5.92 Å². The lowest BCUT2D eigenvalue weighted by Gasteiger charge is -2.18. The highest BCUT2D eigenvalue weighted by Gasteiger charge is 2.32. The van der Waals surface area contributed by atoms with E-state index in [0.29, 0.717) is 24.7 Å². The van der Waals surface area contributed by atoms with Crippen molar-refractivity contribution in [1.82, 2.24) is 10.3 Å². The lowest BCUT2D eigenvalue weighted by atomic mass is 9.90. The van der Waals surface area contributed by atoms with Gasteiger partial charge in [0.15, 0.2) is 0 Å². The molecular formula is C22H26F4N4O3. The number of halogens is 4. The molecule has 0 saturated heterocycles. The molecule has 1 aliphatic carbocycles. The van der Waals surface area contributed by atoms with Gasteiger partial charge in [0.05, 0.1) is 16.8 Å². The fraction of sp³-hybridized carbons (Fsp3) is 0.409. The summed E-state index contributed by atoms with van der Waals surface area (Å²) in [7, 11) is 1.38. The van der Waals surface area contributed by atoms with Crippen molar-refractivity contribution in [1.29, 1.82) is 0 Å². The first-order valence-corrected chi connectivity index (χ1v) is 10.3. The summed E-state index contributed by atoms with van der Waals surface area (Å²) in [5.74, 6) is -2.27. The number of hydrogen-bond donors (Lipinski definition) is 4. The van der Waals surface area contributed by atoms with Gasteiger partial charge in [0, 0.05) is 25.4 Å². The molecule has 5 N–H and O–H groups in total. The number of carbonyl (C=O) groups excluding carboxylic acids is 2. The summed E-state index contributed by atoms with van der Waals surface area (Å²) >= 11 is 0. The molecule has 0 bridgehead atoms. The summed E-state index contributed by atoms with van der Waals surface area (Å²) < 4.78 is 51.5. The van der Waals surface area contributed by atoms with Crippen LogP contribution in [0.1, 0.15) is 58.4 Å². The molecule has 0 radical (unpaired) electrons. The molecule has 1 fully saturated rings. The zero-order valence-corrected chi connectivity index (χ0v) is 18.0. The van der Waals surface area contributed by atoms with Gasteiger partial charge in [-0.1, -0.05) is 19.3 Å². The second-order valence-electron chi connectivity index (χ2n) is 7.60. The summed E-state index contributed by atoms with van der Waals surface area (Å²) in [6, 6.07) is 2.63. The maximum Gasteiger partial charge on any atom is 0.416 e. The highest BCUT2D eigenvalue weighted by Crippen LogP contribution is 2.31. The van der Waals surface area contributed by atoms with Crippen molar-refractivity contribution >= 4 is 23.3 Å². The molecule has 2 amide bonds. The van der Waals surface area contributed by atoms with Crippen molar-refractivity contribution < 1.29 is 32.3 Å². The van der Waals surface area contributed by atoms with Crippen LogP contribution < -0.4 is 16.4 Å². The highest BCUT2D eigenvalue weighted by molar-refractivity contribution is 6.06. The van der Waals surface area contributed by atoms with Gasteiger partial charge in [-0.15, -0.1) is 0 Å². The summed E-state index contributed by atoms with van der Waals surface area (Å²) in [4.78, 5) is 27.4. The van der Waals surface area contributed by atoms with Crippen molar-refractivity contribution in [3.63, 3.8) is 0 Å². The van der Waals surface area contributed by atoms with Crippen molar-refractivity contribution in [2.45, 2.75) is 38.3 Å². The standard InChI is InChI=1S/C15H12F4N4O2.C7H14O/c1-21-13(24)8-4-11(12(20)22-6-8)23-14(25)7-2-9(15(17,18)19)5-10(16)3-7;8-6-7-4-2-1-3-5-7/h2-6H,1H3,(H2,20,22)(H,21,24)(H,23,25);7-8H,1-6H2. The maximum absolute atomic E-state index is 13.4. The van der Waals surface area contributed by atoms with Gasteiger partial charge in [0.25, 0.3) is 11.8 Å². The zero-order valence-electron chi connectivity index (χ0n) is 18.0. The molecule has 0 atom stereocenters. The van der Waals surface area contributed by atoms with Gasteiger partial charge in [-0.05, 0) is 43.0 Å². The first-order chi connectivity index (χ1) is 15.5. The monoisotopic (exact) mass is 470 g/mol. The molecule has 33 heavy (non-hydrogen) atoms. The highest BCUT2D eigenvalue weighted by atomic mass is 19.4. The van der Waals surface area contributed by atoms with Gasteiger partial charge in [-0.25, -0.2) is 9.37 Å². The lowest BCUT2D eigenvalue weighted by molar-refractivity contribution is -0.137. The Hall–Kier alpha value is -3.21. The molecule has 3 rings (SSSR count). The van der Waals surface area contributed by atoms with Gasteiger partial charge in [-0.3, -0.25) is 9.59 Å². The molecule has 180 valence electrons. The summed E-state index contributed by atoms with van der Waals surface area (Å²) in [5, 5.41) is 13.2. The number of hydrogen-bond acceptors (Lipinski definition) is 5. The van der Waals surface area contributed by atoms with E-state index in [1.165, 1.54) is 45.2 Å². The smallest absolute Gasteiger partial charge is 0.396 e. The Kier molecular flexibility index (Phi) is 9.15. The molecule has 0 spiro atoms. The van der Waals surface area contributed by atoms with Crippen LogP contribution in [0.3, 0.4) is 0 Å². The minimum Gasteiger partial charge on any atom is -0.396 e. The van der Waals surface area contributed by atoms with Crippen LogP contribution in [-0.4, -0.2) is 35.6 Å². The van der Waals surface area contributed by atoms with Crippen LogP contribution in [0, 0.1) is 11.7 Å². The van der Waals surface area contributed by atoms with Crippen LogP contribution >= 0.6 is 0 Å². The molecular weight excluding hydrogens is 444 g/mol. The molecule has 1 aromatic carbocycles. The van der Waals surface area contributed by atoms with Gasteiger partial charge in [0.2, 0.25) is 0 Å². The Balaban J connectivity index is 0.000000405. The third-order valence-corrected chi connectivity index (χ3v) is 5.13. The van der Waals surface area contributed by atoms with E-state index in [1.54, 1.807) is 0 Å². The van der Waals surface area contributed by atoms with Crippen LogP contribution in [0.25, 0.3) is 0 Å². The van der Waals surface area contributed by atoms with E-state index >= 15 is 0 Å². The number of nitrogens with zero attached hydrogens (tertiary/aromatic N) is 1. The number of aromatic nitrogens is 1. The average molecular weight is 470 g/mol. The third kappa shape index (κ3) is 7.70. The second-order valence-corrected chi connectivity index (χ2v) is 7.60. The SMILES string of the molecule is CNC(=O)c1cnc(N)c(NC(=O)c2cc(F)cc(C(F)(F)F)c2)c1.OCC1CCCCC1. The number of benzene rings is 1. The Bertz CT molecular complexity index is 977. The van der Waals surface area contributed by atoms with Crippen LogP contribution in [0.4, 0.5) is 29.1 Å². The quantitative estimate of drug-likeness (QED) is 0.504. The van der Waals surface area contributed by atoms with Gasteiger partial charge in [-0.2, -0.15) is 13.2 Å². The van der Waals surface area contributed by atoms with E-state index in [2.05, 4.69) is 15.6 Å². The third-order valence-electron chi connectivity index (χ3n) is 5.13. The Labute approximate surface area is 188 Å². The number of alkyl halides is 3. The molecule has 1 aromatic heterocycles. The van der Waals surface area contributed by atoms with Crippen molar-refractivity contribution in [2.75, 3.05) is 24.7 Å². The van der Waals surface area contributed by atoms with Crippen LogP contribution in [0.5, 0.6) is 0 Å². The van der Waals surface area contributed by atoms with Gasteiger partial charge < -0.3 is 21.5 Å². The lowest BCUT2D eigenvalue weighted by Crippen LogP contribution is -2.20. The number of anilines is 2. The van der Waals surface area contributed by atoms with Crippen molar-refractivity contribution in [3.8, 4) is 0 Å². The van der Waals surface area contributed by atoms with E-state index in [0.717, 1.165) is 6.20 Å². The molecule has 1 aliphatic rings. The van der Waals surface area contributed by atoms with Crippen LogP contribution in [0.2, 0.25) is 0 Å². The topological polar surface area (TPSA) is 117 Å². The Morgan fingerprint density at radius 1 is 1.09 bits per heavy atom.